The molecule has 0 aromatic carbocycles. The molecule has 1 rings (SSSR count). The van der Waals surface area contributed by atoms with Crippen molar-refractivity contribution in [2.45, 2.75) is 6.54 Å². The summed E-state index contributed by atoms with van der Waals surface area (Å²) in [6.45, 7) is 1.25. The third-order valence-electron chi connectivity index (χ3n) is 1.49. The molecule has 0 unspecified atom stereocenters. The van der Waals surface area contributed by atoms with Gasteiger partial charge in [-0.2, -0.15) is 0 Å². The lowest BCUT2D eigenvalue weighted by atomic mass is 10.4. The van der Waals surface area contributed by atoms with Gasteiger partial charge in [-0.25, -0.2) is 0 Å². The Morgan fingerprint density at radius 3 is 3.00 bits per heavy atom. The number of hydrogen-bond acceptors (Lipinski definition) is 2. The van der Waals surface area contributed by atoms with Gasteiger partial charge in [0.05, 0.1) is 6.61 Å². The maximum Gasteiger partial charge on any atom is 0.183 e. The summed E-state index contributed by atoms with van der Waals surface area (Å²) in [7, 11) is 1.62. The van der Waals surface area contributed by atoms with Gasteiger partial charge in [-0.05, 0) is 0 Å². The zero-order valence-electron chi connectivity index (χ0n) is 6.79. The molecule has 0 aliphatic heterocycles. The summed E-state index contributed by atoms with van der Waals surface area (Å²) in [4.78, 5) is 10.8. The monoisotopic (exact) mass is 187 g/mol. The van der Waals surface area contributed by atoms with Crippen molar-refractivity contribution in [1.82, 2.24) is 4.57 Å². The Kier molecular flexibility index (Phi) is 3.31. The molecule has 0 aliphatic carbocycles. The molecule has 0 saturated heterocycles. The van der Waals surface area contributed by atoms with Crippen LogP contribution in [-0.4, -0.2) is 18.3 Å². The van der Waals surface area contributed by atoms with Crippen LogP contribution < -0.4 is 5.43 Å². The van der Waals surface area contributed by atoms with E-state index < -0.39 is 0 Å². The second-order valence-electron chi connectivity index (χ2n) is 2.37. The highest BCUT2D eigenvalue weighted by Gasteiger charge is 1.95. The van der Waals surface area contributed by atoms with Crippen molar-refractivity contribution in [1.29, 1.82) is 0 Å². The Hall–Kier alpha value is -0.800. The molecule has 0 N–H and O–H groups in total. The molecule has 1 aromatic rings. The average Bonchev–Trinajstić information content (AvgIpc) is 2.03. The Morgan fingerprint density at radius 1 is 1.67 bits per heavy atom. The number of rotatable bonds is 3. The molecule has 0 radical (unpaired) electrons. The van der Waals surface area contributed by atoms with E-state index in [-0.39, 0.29) is 5.43 Å². The fourth-order valence-electron chi connectivity index (χ4n) is 0.854. The number of ether oxygens (including phenoxy) is 1. The van der Waals surface area contributed by atoms with Crippen LogP contribution in [0, 0.1) is 0 Å². The molecule has 1 heterocycles. The van der Waals surface area contributed by atoms with Gasteiger partial charge in [0.2, 0.25) is 0 Å². The number of nitrogens with zero attached hydrogens (tertiary/aromatic N) is 1. The van der Waals surface area contributed by atoms with E-state index in [1.165, 1.54) is 12.1 Å². The van der Waals surface area contributed by atoms with Crippen LogP contribution in [0.2, 0.25) is 5.15 Å². The van der Waals surface area contributed by atoms with E-state index in [0.717, 1.165) is 0 Å². The van der Waals surface area contributed by atoms with E-state index in [2.05, 4.69) is 0 Å². The molecule has 0 aliphatic rings. The van der Waals surface area contributed by atoms with Crippen LogP contribution >= 0.6 is 11.6 Å². The summed E-state index contributed by atoms with van der Waals surface area (Å²) in [6, 6.07) is 2.86. The lowest BCUT2D eigenvalue weighted by molar-refractivity contribution is 0.187. The smallest absolute Gasteiger partial charge is 0.183 e. The van der Waals surface area contributed by atoms with Crippen LogP contribution in [0.4, 0.5) is 0 Å². The topological polar surface area (TPSA) is 31.2 Å². The van der Waals surface area contributed by atoms with Gasteiger partial charge in [-0.3, -0.25) is 4.79 Å². The Morgan fingerprint density at radius 2 is 2.42 bits per heavy atom. The van der Waals surface area contributed by atoms with E-state index in [9.17, 15) is 4.79 Å². The molecule has 0 spiro atoms. The molecule has 3 nitrogen and oxygen atoms in total. The normalized spacial score (nSPS) is 10.2. The van der Waals surface area contributed by atoms with Crippen LogP contribution in [0.25, 0.3) is 0 Å². The lowest BCUT2D eigenvalue weighted by Crippen LogP contribution is -2.09. The van der Waals surface area contributed by atoms with Crippen molar-refractivity contribution in [2.75, 3.05) is 13.7 Å². The second kappa shape index (κ2) is 4.28. The Bertz CT molecular complexity index is 308. The van der Waals surface area contributed by atoms with Crippen molar-refractivity contribution in [3.8, 4) is 0 Å². The van der Waals surface area contributed by atoms with Gasteiger partial charge in [0.1, 0.15) is 5.15 Å². The van der Waals surface area contributed by atoms with E-state index in [1.807, 2.05) is 0 Å². The molecule has 1 aromatic heterocycles. The molecule has 0 amide bonds. The average molecular weight is 188 g/mol. The minimum Gasteiger partial charge on any atom is -0.383 e. The van der Waals surface area contributed by atoms with Crippen molar-refractivity contribution >= 4 is 11.6 Å². The minimum atomic E-state index is -0.0753. The van der Waals surface area contributed by atoms with E-state index >= 15 is 0 Å². The van der Waals surface area contributed by atoms with Crippen LogP contribution in [0.15, 0.2) is 23.1 Å². The van der Waals surface area contributed by atoms with Gasteiger partial charge in [0, 0.05) is 32.0 Å². The van der Waals surface area contributed by atoms with E-state index in [1.54, 1.807) is 17.9 Å². The van der Waals surface area contributed by atoms with E-state index in [0.29, 0.717) is 18.3 Å². The summed E-state index contributed by atoms with van der Waals surface area (Å²) in [5.74, 6) is 0. The number of methoxy groups -OCH3 is 1. The van der Waals surface area contributed by atoms with Gasteiger partial charge >= 0.3 is 0 Å². The summed E-state index contributed by atoms with van der Waals surface area (Å²) in [5, 5.41) is 0.444. The number of pyridine rings is 1. The molecule has 0 bridgehead atoms. The van der Waals surface area contributed by atoms with Crippen molar-refractivity contribution in [3.05, 3.63) is 33.7 Å². The lowest BCUT2D eigenvalue weighted by Gasteiger charge is -2.06. The van der Waals surface area contributed by atoms with E-state index in [4.69, 9.17) is 16.3 Å². The van der Waals surface area contributed by atoms with Gasteiger partial charge in [-0.15, -0.1) is 0 Å². The highest BCUT2D eigenvalue weighted by atomic mass is 35.5. The first kappa shape index (κ1) is 9.29. The van der Waals surface area contributed by atoms with Crippen molar-refractivity contribution in [3.63, 3.8) is 0 Å². The minimum absolute atomic E-state index is 0.0753. The maximum atomic E-state index is 10.8. The summed E-state index contributed by atoms with van der Waals surface area (Å²) < 4.78 is 6.63. The van der Waals surface area contributed by atoms with Crippen LogP contribution in [0.5, 0.6) is 0 Å². The first-order chi connectivity index (χ1) is 5.74. The molecule has 66 valence electrons. The van der Waals surface area contributed by atoms with Crippen LogP contribution in [0.1, 0.15) is 0 Å². The summed E-state index contributed by atoms with van der Waals surface area (Å²) in [6.07, 6.45) is 1.66. The summed E-state index contributed by atoms with van der Waals surface area (Å²) in [5.41, 5.74) is -0.0753. The van der Waals surface area contributed by atoms with Gasteiger partial charge in [0.15, 0.2) is 5.43 Å². The highest BCUT2D eigenvalue weighted by Crippen LogP contribution is 2.03. The molecule has 0 saturated carbocycles. The SMILES string of the molecule is COCCn1ccc(=O)cc1Cl. The predicted molar refractivity (Wildman–Crippen MR) is 47.6 cm³/mol. The number of aromatic nitrogens is 1. The molecular weight excluding hydrogens is 178 g/mol. The highest BCUT2D eigenvalue weighted by molar-refractivity contribution is 6.29. The second-order valence-corrected chi connectivity index (χ2v) is 2.76. The van der Waals surface area contributed by atoms with Crippen LogP contribution in [0.3, 0.4) is 0 Å². The fraction of sp³-hybridized carbons (Fsp3) is 0.375. The zero-order valence-corrected chi connectivity index (χ0v) is 7.54. The number of hydrogen-bond donors (Lipinski definition) is 0. The third-order valence-corrected chi connectivity index (χ3v) is 1.82. The zero-order chi connectivity index (χ0) is 8.97. The van der Waals surface area contributed by atoms with Gasteiger partial charge < -0.3 is 9.30 Å². The Labute approximate surface area is 75.5 Å². The fourth-order valence-corrected chi connectivity index (χ4v) is 1.10. The number of halogens is 1. The molecule has 4 heteroatoms. The first-order valence-electron chi connectivity index (χ1n) is 3.59. The quantitative estimate of drug-likeness (QED) is 0.665. The third kappa shape index (κ3) is 2.36. The Balaban J connectivity index is 2.79. The van der Waals surface area contributed by atoms with Crippen LogP contribution in [-0.2, 0) is 11.3 Å². The summed E-state index contributed by atoms with van der Waals surface area (Å²) >= 11 is 5.77. The first-order valence-corrected chi connectivity index (χ1v) is 3.97. The van der Waals surface area contributed by atoms with Crippen molar-refractivity contribution in [2.24, 2.45) is 0 Å². The van der Waals surface area contributed by atoms with Gasteiger partial charge in [-0.1, -0.05) is 11.6 Å². The molecular formula is C8H10ClNO2. The van der Waals surface area contributed by atoms with Gasteiger partial charge in [0.25, 0.3) is 0 Å². The molecule has 0 fully saturated rings. The van der Waals surface area contributed by atoms with Crippen molar-refractivity contribution < 1.29 is 4.74 Å². The molecule has 0 atom stereocenters. The maximum absolute atomic E-state index is 10.8. The standard InChI is InChI=1S/C8H10ClNO2/c1-12-5-4-10-3-2-7(11)6-8(10)9/h2-3,6H,4-5H2,1H3. The largest absolute Gasteiger partial charge is 0.383 e. The predicted octanol–water partition coefficient (Wildman–Crippen LogP) is 1.15. The molecule has 12 heavy (non-hydrogen) atoms.